The predicted molar refractivity (Wildman–Crippen MR) is 70.1 cm³/mol. The minimum absolute atomic E-state index is 0.0171. The third kappa shape index (κ3) is 3.51. The van der Waals surface area contributed by atoms with Crippen LogP contribution in [0.2, 0.25) is 0 Å². The Morgan fingerprint density at radius 1 is 1.26 bits per heavy atom. The van der Waals surface area contributed by atoms with E-state index in [0.717, 1.165) is 12.0 Å². The Morgan fingerprint density at radius 3 is 2.63 bits per heavy atom. The van der Waals surface area contributed by atoms with Gasteiger partial charge in [0.15, 0.2) is 0 Å². The van der Waals surface area contributed by atoms with E-state index in [1.54, 1.807) is 12.1 Å². The van der Waals surface area contributed by atoms with E-state index in [0.29, 0.717) is 18.5 Å². The molecule has 0 saturated carbocycles. The van der Waals surface area contributed by atoms with Crippen LogP contribution in [0.15, 0.2) is 28.7 Å². The molecule has 19 heavy (non-hydrogen) atoms. The van der Waals surface area contributed by atoms with Crippen LogP contribution in [0.1, 0.15) is 30.8 Å². The molecule has 102 valence electrons. The lowest BCUT2D eigenvalue weighted by Crippen LogP contribution is -2.10. The minimum Gasteiger partial charge on any atom is -0.407 e. The molecule has 1 atom stereocenters. The number of nitrogens with zero attached hydrogens (tertiary/aromatic N) is 2. The summed E-state index contributed by atoms with van der Waals surface area (Å²) >= 11 is 0. The molecule has 0 fully saturated rings. The van der Waals surface area contributed by atoms with Crippen molar-refractivity contribution in [2.75, 3.05) is 12.4 Å². The lowest BCUT2D eigenvalue weighted by Gasteiger charge is -2.15. The highest BCUT2D eigenvalue weighted by Crippen LogP contribution is 2.22. The van der Waals surface area contributed by atoms with E-state index in [9.17, 15) is 4.39 Å². The van der Waals surface area contributed by atoms with Crippen LogP contribution in [0.25, 0.3) is 0 Å². The summed E-state index contributed by atoms with van der Waals surface area (Å²) in [6, 6.07) is 6.78. The van der Waals surface area contributed by atoms with Gasteiger partial charge in [-0.3, -0.25) is 0 Å². The van der Waals surface area contributed by atoms with E-state index in [2.05, 4.69) is 20.8 Å². The number of benzene rings is 1. The van der Waals surface area contributed by atoms with Gasteiger partial charge in [0.05, 0.1) is 12.6 Å². The van der Waals surface area contributed by atoms with Crippen molar-refractivity contribution in [3.05, 3.63) is 41.5 Å². The van der Waals surface area contributed by atoms with E-state index in [4.69, 9.17) is 4.42 Å². The first-order valence-electron chi connectivity index (χ1n) is 6.22. The number of halogens is 1. The van der Waals surface area contributed by atoms with Crippen molar-refractivity contribution < 1.29 is 8.81 Å². The van der Waals surface area contributed by atoms with Crippen LogP contribution in [0.4, 0.5) is 10.4 Å². The fourth-order valence-electron chi connectivity index (χ4n) is 1.80. The molecule has 2 rings (SSSR count). The minimum atomic E-state index is -0.243. The molecule has 0 saturated heterocycles. The van der Waals surface area contributed by atoms with Gasteiger partial charge >= 0.3 is 6.01 Å². The maximum atomic E-state index is 12.9. The Bertz CT molecular complexity index is 512. The quantitative estimate of drug-likeness (QED) is 0.839. The van der Waals surface area contributed by atoms with Gasteiger partial charge in [0.2, 0.25) is 5.89 Å². The maximum Gasteiger partial charge on any atom is 0.315 e. The van der Waals surface area contributed by atoms with Gasteiger partial charge in [-0.1, -0.05) is 24.2 Å². The Balaban J connectivity index is 2.07. The van der Waals surface area contributed by atoms with Crippen molar-refractivity contribution in [3.8, 4) is 0 Å². The highest BCUT2D eigenvalue weighted by molar-refractivity contribution is 5.29. The topological polar surface area (TPSA) is 63.0 Å². The monoisotopic (exact) mass is 264 g/mol. The molecule has 5 nitrogen and oxygen atoms in total. The number of nitrogens with one attached hydrogen (secondary N) is 2. The van der Waals surface area contributed by atoms with Gasteiger partial charge in [-0.15, -0.1) is 5.10 Å². The first-order valence-corrected chi connectivity index (χ1v) is 6.22. The van der Waals surface area contributed by atoms with Crippen LogP contribution in [0, 0.1) is 5.82 Å². The summed E-state index contributed by atoms with van der Waals surface area (Å²) in [7, 11) is 1.81. The molecule has 0 radical (unpaired) electrons. The molecule has 1 aromatic carbocycles. The summed E-state index contributed by atoms with van der Waals surface area (Å²) in [6.45, 7) is 2.56. The van der Waals surface area contributed by atoms with Gasteiger partial charge < -0.3 is 15.1 Å². The third-order valence-corrected chi connectivity index (χ3v) is 2.77. The van der Waals surface area contributed by atoms with Crippen LogP contribution in [-0.2, 0) is 6.54 Å². The SMILES string of the molecule is CCC(Nc1nnc(CNC)o1)c1ccc(F)cc1. The highest BCUT2D eigenvalue weighted by Gasteiger charge is 2.13. The average molecular weight is 264 g/mol. The van der Waals surface area contributed by atoms with E-state index in [-0.39, 0.29) is 11.9 Å². The Labute approximate surface area is 111 Å². The third-order valence-electron chi connectivity index (χ3n) is 2.77. The summed E-state index contributed by atoms with van der Waals surface area (Å²) < 4.78 is 18.3. The molecule has 0 amide bonds. The van der Waals surface area contributed by atoms with Gasteiger partial charge in [0.25, 0.3) is 0 Å². The first-order chi connectivity index (χ1) is 9.22. The van der Waals surface area contributed by atoms with E-state index < -0.39 is 0 Å². The smallest absolute Gasteiger partial charge is 0.315 e. The maximum absolute atomic E-state index is 12.9. The predicted octanol–water partition coefficient (Wildman–Crippen LogP) is 2.49. The zero-order chi connectivity index (χ0) is 13.7. The number of aromatic nitrogens is 2. The number of hydrogen-bond donors (Lipinski definition) is 2. The number of hydrogen-bond acceptors (Lipinski definition) is 5. The summed E-state index contributed by atoms with van der Waals surface area (Å²) in [5.41, 5.74) is 0.984. The largest absolute Gasteiger partial charge is 0.407 e. The van der Waals surface area contributed by atoms with Crippen LogP contribution in [0.3, 0.4) is 0 Å². The standard InChI is InChI=1S/C13H17FN4O/c1-3-11(9-4-6-10(14)7-5-9)16-13-18-17-12(19-13)8-15-2/h4-7,11,15H,3,8H2,1-2H3,(H,16,18). The van der Waals surface area contributed by atoms with Crippen molar-refractivity contribution in [2.24, 2.45) is 0 Å². The normalized spacial score (nSPS) is 12.4. The summed E-state index contributed by atoms with van der Waals surface area (Å²) in [5, 5.41) is 13.9. The van der Waals surface area contributed by atoms with Crippen LogP contribution >= 0.6 is 0 Å². The Hall–Kier alpha value is -1.95. The summed E-state index contributed by atoms with van der Waals surface area (Å²) in [5.74, 6) is 0.284. The van der Waals surface area contributed by atoms with E-state index in [1.807, 2.05) is 14.0 Å². The molecule has 1 aromatic heterocycles. The van der Waals surface area contributed by atoms with Crippen molar-refractivity contribution in [1.29, 1.82) is 0 Å². The average Bonchev–Trinajstić information content (AvgIpc) is 2.85. The summed E-state index contributed by atoms with van der Waals surface area (Å²) in [4.78, 5) is 0. The van der Waals surface area contributed by atoms with E-state index in [1.165, 1.54) is 12.1 Å². The molecule has 2 aromatic rings. The fourth-order valence-corrected chi connectivity index (χ4v) is 1.80. The lowest BCUT2D eigenvalue weighted by atomic mass is 10.1. The van der Waals surface area contributed by atoms with Crippen molar-refractivity contribution >= 4 is 6.01 Å². The van der Waals surface area contributed by atoms with Crippen LogP contribution in [-0.4, -0.2) is 17.2 Å². The second kappa shape index (κ2) is 6.29. The van der Waals surface area contributed by atoms with Gasteiger partial charge in [-0.05, 0) is 31.2 Å². The molecule has 1 unspecified atom stereocenters. The van der Waals surface area contributed by atoms with Crippen LogP contribution < -0.4 is 10.6 Å². The molecular weight excluding hydrogens is 247 g/mol. The molecule has 1 heterocycles. The fraction of sp³-hybridized carbons (Fsp3) is 0.385. The van der Waals surface area contributed by atoms with Gasteiger partial charge in [0.1, 0.15) is 5.82 Å². The highest BCUT2D eigenvalue weighted by atomic mass is 19.1. The van der Waals surface area contributed by atoms with Crippen molar-refractivity contribution in [1.82, 2.24) is 15.5 Å². The zero-order valence-corrected chi connectivity index (χ0v) is 11.0. The molecule has 6 heteroatoms. The summed E-state index contributed by atoms with van der Waals surface area (Å²) in [6.07, 6.45) is 0.829. The molecule has 2 N–H and O–H groups in total. The second-order valence-electron chi connectivity index (χ2n) is 4.19. The molecular formula is C13H17FN4O. The molecule has 0 bridgehead atoms. The zero-order valence-electron chi connectivity index (χ0n) is 11.0. The van der Waals surface area contributed by atoms with Crippen molar-refractivity contribution in [2.45, 2.75) is 25.9 Å². The lowest BCUT2D eigenvalue weighted by molar-refractivity contribution is 0.483. The van der Waals surface area contributed by atoms with E-state index >= 15 is 0 Å². The van der Waals surface area contributed by atoms with Crippen LogP contribution in [0.5, 0.6) is 0 Å². The van der Waals surface area contributed by atoms with Gasteiger partial charge in [-0.2, -0.15) is 0 Å². The number of anilines is 1. The molecule has 0 aliphatic rings. The molecule has 0 aliphatic carbocycles. The Kier molecular flexibility index (Phi) is 4.46. The van der Waals surface area contributed by atoms with Gasteiger partial charge in [0, 0.05) is 0 Å². The Morgan fingerprint density at radius 2 is 2.00 bits per heavy atom. The molecule has 0 aliphatic heterocycles. The molecule has 0 spiro atoms. The first kappa shape index (κ1) is 13.5. The second-order valence-corrected chi connectivity index (χ2v) is 4.19. The number of rotatable bonds is 6. The van der Waals surface area contributed by atoms with Gasteiger partial charge in [-0.25, -0.2) is 4.39 Å². The van der Waals surface area contributed by atoms with Crippen molar-refractivity contribution in [3.63, 3.8) is 0 Å².